The molecule has 5 rings (SSSR count). The SMILES string of the molecule is C=Cc1nn(C2CCCCO2)c2ncc(-c3c(C)nn(C)c3OC(C)[C@@H](C)N(Cc3c(I)c(OCC)nn3[C@@H](C)CO[Si](C)(C)C(C)(C)C)C(=O)OC(C)(C)C)cc12. The van der Waals surface area contributed by atoms with Crippen molar-refractivity contribution in [2.24, 2.45) is 7.05 Å². The number of nitrogens with zero attached hydrogens (tertiary/aromatic N) is 8. The second-order valence-corrected chi connectivity index (χ2v) is 23.8. The van der Waals surface area contributed by atoms with E-state index in [-0.39, 0.29) is 23.9 Å². The Morgan fingerprint density at radius 2 is 1.84 bits per heavy atom. The molecule has 14 nitrogen and oxygen atoms in total. The first-order valence-corrected chi connectivity index (χ1v) is 24.4. The number of aromatic nitrogens is 7. The van der Waals surface area contributed by atoms with Crippen molar-refractivity contribution >= 4 is 54.1 Å². The quantitative estimate of drug-likeness (QED) is 0.0838. The molecule has 0 aromatic carbocycles. The molecule has 5 heterocycles. The third-order valence-electron chi connectivity index (χ3n) is 11.2. The molecule has 16 heteroatoms. The van der Waals surface area contributed by atoms with Crippen molar-refractivity contribution < 1.29 is 28.2 Å². The number of halogens is 1. The van der Waals surface area contributed by atoms with Crippen LogP contribution in [0.25, 0.3) is 28.2 Å². The molecule has 0 aliphatic carbocycles. The van der Waals surface area contributed by atoms with Gasteiger partial charge in [-0.1, -0.05) is 27.4 Å². The number of ether oxygens (including phenoxy) is 4. The minimum atomic E-state index is -2.04. The number of fused-ring (bicyclic) bond motifs is 1. The Labute approximate surface area is 359 Å². The average Bonchev–Trinajstić information content (AvgIpc) is 3.77. The maximum absolute atomic E-state index is 14.2. The van der Waals surface area contributed by atoms with Crippen molar-refractivity contribution in [3.05, 3.63) is 39.5 Å². The highest BCUT2D eigenvalue weighted by molar-refractivity contribution is 14.1. The summed E-state index contributed by atoms with van der Waals surface area (Å²) >= 11 is 2.28. The highest BCUT2D eigenvalue weighted by atomic mass is 127. The molecule has 1 fully saturated rings. The molecule has 0 bridgehead atoms. The van der Waals surface area contributed by atoms with Crippen LogP contribution in [0, 0.1) is 10.5 Å². The number of carbonyl (C=O) groups is 1. The van der Waals surface area contributed by atoms with Gasteiger partial charge in [0.1, 0.15) is 11.7 Å². The number of amides is 1. The maximum Gasteiger partial charge on any atom is 0.411 e. The van der Waals surface area contributed by atoms with Gasteiger partial charge >= 0.3 is 6.09 Å². The zero-order valence-electron chi connectivity index (χ0n) is 37.1. The number of carbonyl (C=O) groups excluding carboxylic acids is 1. The second kappa shape index (κ2) is 18.0. The molecule has 58 heavy (non-hydrogen) atoms. The first-order chi connectivity index (χ1) is 27.1. The van der Waals surface area contributed by atoms with Gasteiger partial charge in [0.15, 0.2) is 20.2 Å². The van der Waals surface area contributed by atoms with E-state index < -0.39 is 32.2 Å². The lowest BCUT2D eigenvalue weighted by Gasteiger charge is -2.37. The Bertz CT molecular complexity index is 2070. The van der Waals surface area contributed by atoms with Gasteiger partial charge in [-0.3, -0.25) is 9.58 Å². The van der Waals surface area contributed by atoms with Crippen molar-refractivity contribution in [2.45, 2.75) is 150 Å². The van der Waals surface area contributed by atoms with Gasteiger partial charge in [0.25, 0.3) is 0 Å². The Morgan fingerprint density at radius 1 is 1.14 bits per heavy atom. The van der Waals surface area contributed by atoms with Crippen LogP contribution in [-0.4, -0.2) is 91.2 Å². The molecule has 0 radical (unpaired) electrons. The second-order valence-electron chi connectivity index (χ2n) is 17.9. The van der Waals surface area contributed by atoms with Gasteiger partial charge in [-0.25, -0.2) is 19.1 Å². The van der Waals surface area contributed by atoms with Crippen molar-refractivity contribution in [1.29, 1.82) is 0 Å². The van der Waals surface area contributed by atoms with Crippen LogP contribution in [-0.2, 0) is 27.5 Å². The zero-order valence-corrected chi connectivity index (χ0v) is 40.3. The van der Waals surface area contributed by atoms with Crippen molar-refractivity contribution in [3.8, 4) is 22.9 Å². The van der Waals surface area contributed by atoms with E-state index in [0.717, 1.165) is 62.1 Å². The summed E-state index contributed by atoms with van der Waals surface area (Å²) in [5.41, 5.74) is 4.00. The Morgan fingerprint density at radius 3 is 2.45 bits per heavy atom. The molecule has 1 amide bonds. The number of rotatable bonds is 15. The summed E-state index contributed by atoms with van der Waals surface area (Å²) in [6.45, 7) is 32.6. The third-order valence-corrected chi connectivity index (χ3v) is 16.8. The van der Waals surface area contributed by atoms with Gasteiger partial charge in [-0.15, -0.1) is 5.10 Å². The number of aryl methyl sites for hydroxylation is 2. The van der Waals surface area contributed by atoms with Crippen LogP contribution >= 0.6 is 22.6 Å². The molecule has 1 aliphatic rings. The van der Waals surface area contributed by atoms with Gasteiger partial charge in [-0.2, -0.15) is 10.2 Å². The summed E-state index contributed by atoms with van der Waals surface area (Å²) in [4.78, 5) is 20.9. The number of pyridine rings is 1. The van der Waals surface area contributed by atoms with Crippen LogP contribution in [0.3, 0.4) is 0 Å². The Hall–Kier alpha value is -3.48. The van der Waals surface area contributed by atoms with Crippen molar-refractivity contribution in [2.75, 3.05) is 19.8 Å². The van der Waals surface area contributed by atoms with E-state index in [1.54, 1.807) is 15.7 Å². The molecule has 1 saturated heterocycles. The number of hydrogen-bond donors (Lipinski definition) is 0. The van der Waals surface area contributed by atoms with E-state index in [2.05, 4.69) is 76.0 Å². The molecule has 1 aliphatic heterocycles. The van der Waals surface area contributed by atoms with E-state index in [1.165, 1.54) is 0 Å². The minimum Gasteiger partial charge on any atom is -0.476 e. The summed E-state index contributed by atoms with van der Waals surface area (Å²) in [6.07, 6.45) is 5.46. The lowest BCUT2D eigenvalue weighted by Crippen LogP contribution is -2.48. The standard InChI is InChI=1S/C42H65IN8O6Si/c1-16-32-31-22-30(23-44-37(31)51(46-32)34-20-18-19-21-54-34)35-27(4)45-48(13)39(35)56-29(6)28(5)49(40(52)57-41(7,8)9)24-33-36(43)38(53-17-2)47-50(33)26(3)25-55-58(14,15)42(10,11)12/h16,22-23,26,28-29,34H,1,17-21,24-25H2,2-15H3/t26-,28+,29?,34?/m0/s1. The third kappa shape index (κ3) is 9.92. The number of hydrogen-bond acceptors (Lipinski definition) is 10. The van der Waals surface area contributed by atoms with Crippen LogP contribution in [0.1, 0.15) is 118 Å². The predicted octanol–water partition coefficient (Wildman–Crippen LogP) is 9.86. The summed E-state index contributed by atoms with van der Waals surface area (Å²) in [7, 11) is -0.185. The molecule has 2 unspecified atom stereocenters. The van der Waals surface area contributed by atoms with E-state index >= 15 is 0 Å². The van der Waals surface area contributed by atoms with Crippen LogP contribution in [0.4, 0.5) is 4.79 Å². The molecule has 0 spiro atoms. The van der Waals surface area contributed by atoms with E-state index in [1.807, 2.05) is 71.1 Å². The fourth-order valence-corrected chi connectivity index (χ4v) is 8.49. The predicted molar refractivity (Wildman–Crippen MR) is 239 cm³/mol. The summed E-state index contributed by atoms with van der Waals surface area (Å²) in [6, 6.07) is 1.47. The van der Waals surface area contributed by atoms with E-state index in [0.29, 0.717) is 31.6 Å². The highest BCUT2D eigenvalue weighted by Gasteiger charge is 2.39. The summed E-state index contributed by atoms with van der Waals surface area (Å²) in [5, 5.41) is 15.5. The zero-order chi connectivity index (χ0) is 42.9. The lowest BCUT2D eigenvalue weighted by atomic mass is 10.1. The lowest BCUT2D eigenvalue weighted by molar-refractivity contribution is -0.0370. The largest absolute Gasteiger partial charge is 0.476 e. The van der Waals surface area contributed by atoms with Gasteiger partial charge in [0, 0.05) is 30.8 Å². The summed E-state index contributed by atoms with van der Waals surface area (Å²) < 4.78 is 38.0. The molecule has 4 aromatic rings. The van der Waals surface area contributed by atoms with Gasteiger partial charge in [0.2, 0.25) is 11.8 Å². The first-order valence-electron chi connectivity index (χ1n) is 20.4. The Kier molecular flexibility index (Phi) is 14.2. The van der Waals surface area contributed by atoms with Gasteiger partial charge < -0.3 is 23.4 Å². The summed E-state index contributed by atoms with van der Waals surface area (Å²) in [5.74, 6) is 1.08. The highest BCUT2D eigenvalue weighted by Crippen LogP contribution is 2.39. The van der Waals surface area contributed by atoms with Crippen molar-refractivity contribution in [3.63, 3.8) is 0 Å². The molecule has 4 aromatic heterocycles. The fourth-order valence-electron chi connectivity index (χ4n) is 6.72. The van der Waals surface area contributed by atoms with Gasteiger partial charge in [0.05, 0.1) is 58.1 Å². The molecular weight excluding hydrogens is 868 g/mol. The fraction of sp³-hybridized carbons (Fsp3) is 0.643. The van der Waals surface area contributed by atoms with Crippen LogP contribution < -0.4 is 9.47 Å². The van der Waals surface area contributed by atoms with Crippen LogP contribution in [0.5, 0.6) is 11.8 Å². The smallest absolute Gasteiger partial charge is 0.411 e. The van der Waals surface area contributed by atoms with Crippen LogP contribution in [0.15, 0.2) is 18.8 Å². The monoisotopic (exact) mass is 932 g/mol. The van der Waals surface area contributed by atoms with Gasteiger partial charge in [-0.05, 0) is 128 Å². The molecule has 4 atom stereocenters. The van der Waals surface area contributed by atoms with Crippen molar-refractivity contribution in [1.82, 2.24) is 39.2 Å². The minimum absolute atomic E-state index is 0.0565. The van der Waals surface area contributed by atoms with Crippen LogP contribution in [0.2, 0.25) is 18.1 Å². The molecule has 0 N–H and O–H groups in total. The average molecular weight is 933 g/mol. The topological polar surface area (TPSA) is 133 Å². The molecule has 320 valence electrons. The molecular formula is C42H65IN8O6Si. The first kappa shape index (κ1) is 45.6. The normalized spacial score (nSPS) is 16.9. The maximum atomic E-state index is 14.2. The Balaban J connectivity index is 1.49. The van der Waals surface area contributed by atoms with E-state index in [9.17, 15) is 4.79 Å². The molecule has 0 saturated carbocycles. The van der Waals surface area contributed by atoms with E-state index in [4.69, 9.17) is 43.7 Å².